The van der Waals surface area contributed by atoms with Crippen molar-refractivity contribution in [3.05, 3.63) is 54.7 Å². The Labute approximate surface area is 128 Å². The summed E-state index contributed by atoms with van der Waals surface area (Å²) in [6, 6.07) is 4.27. The highest BCUT2D eigenvalue weighted by atomic mass is 35.5. The van der Waals surface area contributed by atoms with Gasteiger partial charge in [0.05, 0.1) is 11.1 Å². The minimum absolute atomic E-state index is 0.113. The molecule has 0 aliphatic rings. The van der Waals surface area contributed by atoms with E-state index in [1.807, 2.05) is 27.0 Å². The van der Waals surface area contributed by atoms with Gasteiger partial charge in [0, 0.05) is 9.90 Å². The first-order valence-corrected chi connectivity index (χ1v) is 7.76. The minimum atomic E-state index is 0.113. The maximum absolute atomic E-state index is 6.40. The van der Waals surface area contributed by atoms with Crippen LogP contribution in [0.25, 0.3) is 0 Å². The Hall–Kier alpha value is -0.540. The summed E-state index contributed by atoms with van der Waals surface area (Å²) in [5.41, 5.74) is 4.63. The number of nitrogens with one attached hydrogen (secondary N) is 1. The maximum Gasteiger partial charge on any atom is 0.0686 e. The lowest BCUT2D eigenvalue weighted by Crippen LogP contribution is -2.18. The Morgan fingerprint density at radius 1 is 1.05 bits per heavy atom. The summed E-state index contributed by atoms with van der Waals surface area (Å²) in [5.74, 6) is 0. The molecule has 102 valence electrons. The first-order valence-electron chi connectivity index (χ1n) is 6.13. The Bertz CT molecular complexity index is 604. The molecule has 2 rings (SSSR count). The molecule has 0 fully saturated rings. The summed E-state index contributed by atoms with van der Waals surface area (Å²) < 4.78 is 0. The molecule has 1 aromatic carbocycles. The number of halogens is 2. The van der Waals surface area contributed by atoms with Gasteiger partial charge >= 0.3 is 0 Å². The lowest BCUT2D eigenvalue weighted by Gasteiger charge is -2.19. The second-order valence-corrected chi connectivity index (χ2v) is 6.47. The highest BCUT2D eigenvalue weighted by Crippen LogP contribution is 2.37. The lowest BCUT2D eigenvalue weighted by atomic mass is 9.97. The largest absolute Gasteiger partial charge is 0.309 e. The number of aryl methyl sites for hydroxylation is 3. The van der Waals surface area contributed by atoms with E-state index in [4.69, 9.17) is 23.2 Å². The first kappa shape index (κ1) is 14.9. The fraction of sp³-hybridized carbons (Fsp3) is 0.333. The van der Waals surface area contributed by atoms with E-state index < -0.39 is 0 Å². The molecule has 0 aliphatic heterocycles. The SMILES string of the molecule is CNC(c1cc(C)c(Cl)cc1C)c1scc(C)c1Cl. The third-order valence-corrected chi connectivity index (χ3v) is 5.52. The fourth-order valence-electron chi connectivity index (χ4n) is 2.19. The quantitative estimate of drug-likeness (QED) is 0.812. The highest BCUT2D eigenvalue weighted by molar-refractivity contribution is 7.10. The molecule has 0 saturated carbocycles. The molecule has 1 unspecified atom stereocenters. The van der Waals surface area contributed by atoms with Crippen LogP contribution in [0.4, 0.5) is 0 Å². The fourth-order valence-corrected chi connectivity index (χ4v) is 3.83. The molecule has 1 atom stereocenters. The number of benzene rings is 1. The average molecular weight is 314 g/mol. The molecular formula is C15H17Cl2NS. The van der Waals surface area contributed by atoms with Crippen LogP contribution >= 0.6 is 34.5 Å². The molecule has 1 aromatic heterocycles. The van der Waals surface area contributed by atoms with E-state index in [0.717, 1.165) is 26.0 Å². The summed E-state index contributed by atoms with van der Waals surface area (Å²) in [6.45, 7) is 6.15. The molecule has 1 N–H and O–H groups in total. The topological polar surface area (TPSA) is 12.0 Å². The Kier molecular flexibility index (Phi) is 4.57. The van der Waals surface area contributed by atoms with Gasteiger partial charge in [-0.05, 0) is 61.5 Å². The van der Waals surface area contributed by atoms with Crippen LogP contribution in [0.5, 0.6) is 0 Å². The molecule has 4 heteroatoms. The van der Waals surface area contributed by atoms with Crippen molar-refractivity contribution in [2.45, 2.75) is 26.8 Å². The van der Waals surface area contributed by atoms with Crippen molar-refractivity contribution in [2.24, 2.45) is 0 Å². The standard InChI is InChI=1S/C15H17Cl2NS/c1-8-6-12(16)9(2)5-11(8)14(18-4)15-13(17)10(3)7-19-15/h5-7,14,18H,1-4H3. The van der Waals surface area contributed by atoms with E-state index >= 15 is 0 Å². The van der Waals surface area contributed by atoms with Crippen molar-refractivity contribution in [3.8, 4) is 0 Å². The number of thiophene rings is 1. The van der Waals surface area contributed by atoms with Crippen molar-refractivity contribution >= 4 is 34.5 Å². The van der Waals surface area contributed by atoms with Crippen molar-refractivity contribution in [1.29, 1.82) is 0 Å². The summed E-state index contributed by atoms with van der Waals surface area (Å²) >= 11 is 14.3. The molecule has 0 saturated heterocycles. The average Bonchev–Trinajstić information content (AvgIpc) is 2.68. The molecular weight excluding hydrogens is 297 g/mol. The Morgan fingerprint density at radius 3 is 2.26 bits per heavy atom. The number of hydrogen-bond acceptors (Lipinski definition) is 2. The van der Waals surface area contributed by atoms with E-state index in [2.05, 4.69) is 23.7 Å². The first-order chi connectivity index (χ1) is 8.95. The van der Waals surface area contributed by atoms with Gasteiger partial charge in [-0.1, -0.05) is 29.3 Å². The van der Waals surface area contributed by atoms with Crippen LogP contribution in [0.3, 0.4) is 0 Å². The monoisotopic (exact) mass is 313 g/mol. The second-order valence-electron chi connectivity index (χ2n) is 4.78. The highest BCUT2D eigenvalue weighted by Gasteiger charge is 2.20. The summed E-state index contributed by atoms with van der Waals surface area (Å²) in [5, 5.41) is 7.12. The zero-order chi connectivity index (χ0) is 14.2. The van der Waals surface area contributed by atoms with Gasteiger partial charge in [0.25, 0.3) is 0 Å². The molecule has 0 amide bonds. The molecule has 1 nitrogen and oxygen atoms in total. The molecule has 0 aliphatic carbocycles. The predicted octanol–water partition coefficient (Wildman–Crippen LogP) is 5.29. The van der Waals surface area contributed by atoms with Crippen LogP contribution in [-0.2, 0) is 0 Å². The van der Waals surface area contributed by atoms with Gasteiger partial charge in [-0.15, -0.1) is 11.3 Å². The van der Waals surface area contributed by atoms with Gasteiger partial charge in [-0.2, -0.15) is 0 Å². The summed E-state index contributed by atoms with van der Waals surface area (Å²) in [6.07, 6.45) is 0. The smallest absolute Gasteiger partial charge is 0.0686 e. The van der Waals surface area contributed by atoms with E-state index in [9.17, 15) is 0 Å². The molecule has 0 bridgehead atoms. The number of hydrogen-bond donors (Lipinski definition) is 1. The van der Waals surface area contributed by atoms with Gasteiger partial charge in [-0.3, -0.25) is 0 Å². The predicted molar refractivity (Wildman–Crippen MR) is 85.9 cm³/mol. The Balaban J connectivity index is 2.54. The van der Waals surface area contributed by atoms with Crippen LogP contribution in [0, 0.1) is 20.8 Å². The van der Waals surface area contributed by atoms with Gasteiger partial charge < -0.3 is 5.32 Å². The van der Waals surface area contributed by atoms with Crippen molar-refractivity contribution in [2.75, 3.05) is 7.05 Å². The second kappa shape index (κ2) is 5.84. The van der Waals surface area contributed by atoms with Crippen LogP contribution in [0.2, 0.25) is 10.0 Å². The normalized spacial score (nSPS) is 12.7. The molecule has 2 aromatic rings. The molecule has 19 heavy (non-hydrogen) atoms. The number of rotatable bonds is 3. The van der Waals surface area contributed by atoms with Crippen LogP contribution in [0.15, 0.2) is 17.5 Å². The van der Waals surface area contributed by atoms with Crippen LogP contribution in [0.1, 0.15) is 33.2 Å². The zero-order valence-electron chi connectivity index (χ0n) is 11.5. The molecule has 1 heterocycles. The Morgan fingerprint density at radius 2 is 1.74 bits per heavy atom. The van der Waals surface area contributed by atoms with Gasteiger partial charge in [0.15, 0.2) is 0 Å². The third kappa shape index (κ3) is 2.82. The lowest BCUT2D eigenvalue weighted by molar-refractivity contribution is 0.698. The molecule has 0 spiro atoms. The van der Waals surface area contributed by atoms with Gasteiger partial charge in [-0.25, -0.2) is 0 Å². The zero-order valence-corrected chi connectivity index (χ0v) is 13.8. The van der Waals surface area contributed by atoms with Crippen LogP contribution in [-0.4, -0.2) is 7.05 Å². The van der Waals surface area contributed by atoms with E-state index in [-0.39, 0.29) is 6.04 Å². The van der Waals surface area contributed by atoms with Crippen LogP contribution < -0.4 is 5.32 Å². The molecule has 0 radical (unpaired) electrons. The summed E-state index contributed by atoms with van der Waals surface area (Å²) in [7, 11) is 1.96. The van der Waals surface area contributed by atoms with Gasteiger partial charge in [0.1, 0.15) is 0 Å². The third-order valence-electron chi connectivity index (χ3n) is 3.33. The van der Waals surface area contributed by atoms with Crippen molar-refractivity contribution in [3.63, 3.8) is 0 Å². The van der Waals surface area contributed by atoms with Gasteiger partial charge in [0.2, 0.25) is 0 Å². The van der Waals surface area contributed by atoms with Crippen molar-refractivity contribution in [1.82, 2.24) is 5.32 Å². The van der Waals surface area contributed by atoms with E-state index in [1.165, 1.54) is 11.1 Å². The summed E-state index contributed by atoms with van der Waals surface area (Å²) in [4.78, 5) is 1.16. The van der Waals surface area contributed by atoms with E-state index in [1.54, 1.807) is 11.3 Å². The minimum Gasteiger partial charge on any atom is -0.309 e. The maximum atomic E-state index is 6.40. The van der Waals surface area contributed by atoms with E-state index in [0.29, 0.717) is 0 Å². The van der Waals surface area contributed by atoms with Crippen molar-refractivity contribution < 1.29 is 0 Å².